The van der Waals surface area contributed by atoms with E-state index in [1.807, 2.05) is 13.8 Å². The molecule has 0 bridgehead atoms. The van der Waals surface area contributed by atoms with Crippen LogP contribution in [-0.4, -0.2) is 12.1 Å². The number of nitrogens with one attached hydrogen (secondary N) is 1. The fourth-order valence-electron chi connectivity index (χ4n) is 0.152. The second-order valence-electron chi connectivity index (χ2n) is 1.81. The predicted octanol–water partition coefficient (Wildman–Crippen LogP) is -0.815. The van der Waals surface area contributed by atoms with Crippen LogP contribution in [0.25, 0.3) is 0 Å². The van der Waals surface area contributed by atoms with Crippen LogP contribution in [0.5, 0.6) is 0 Å². The van der Waals surface area contributed by atoms with Crippen LogP contribution < -0.4 is 17.0 Å². The largest absolute Gasteiger partial charge is 0.327 e. The van der Waals surface area contributed by atoms with Crippen LogP contribution in [0.4, 0.5) is 0 Å². The number of nitrogens with two attached hydrogens (primary N) is 2. The van der Waals surface area contributed by atoms with E-state index >= 15 is 0 Å². The lowest BCUT2D eigenvalue weighted by Gasteiger charge is -2.12. The third kappa shape index (κ3) is 2.56. The zero-order valence-corrected chi connectivity index (χ0v) is 4.81. The summed E-state index contributed by atoms with van der Waals surface area (Å²) in [6.45, 7) is 3.84. The molecule has 3 heteroatoms. The van der Waals surface area contributed by atoms with Crippen molar-refractivity contribution in [3.63, 3.8) is 0 Å². The average Bonchev–Trinajstić information content (AvgIpc) is 1.65. The van der Waals surface area contributed by atoms with Gasteiger partial charge in [-0.2, -0.15) is 0 Å². The Morgan fingerprint density at radius 3 is 1.86 bits per heavy atom. The first-order valence-electron chi connectivity index (χ1n) is 2.40. The Morgan fingerprint density at radius 2 is 1.86 bits per heavy atom. The molecule has 0 aliphatic rings. The van der Waals surface area contributed by atoms with Gasteiger partial charge in [0.15, 0.2) is 0 Å². The van der Waals surface area contributed by atoms with Gasteiger partial charge in [-0.05, 0) is 13.8 Å². The van der Waals surface area contributed by atoms with Crippen molar-refractivity contribution in [2.45, 2.75) is 25.9 Å². The van der Waals surface area contributed by atoms with E-state index in [1.165, 1.54) is 0 Å². The van der Waals surface area contributed by atoms with E-state index in [2.05, 4.69) is 5.43 Å². The second kappa shape index (κ2) is 2.96. The topological polar surface area (TPSA) is 64.1 Å². The highest BCUT2D eigenvalue weighted by atomic mass is 15.2. The third-order valence-electron chi connectivity index (χ3n) is 1.05. The van der Waals surface area contributed by atoms with Gasteiger partial charge in [-0.25, -0.2) is 0 Å². The van der Waals surface area contributed by atoms with Gasteiger partial charge in [0.1, 0.15) is 0 Å². The molecule has 0 aromatic carbocycles. The van der Waals surface area contributed by atoms with Crippen molar-refractivity contribution in [3.05, 3.63) is 0 Å². The van der Waals surface area contributed by atoms with Crippen molar-refractivity contribution < 1.29 is 0 Å². The van der Waals surface area contributed by atoms with E-state index in [1.54, 1.807) is 0 Å². The molecule has 3 nitrogen and oxygen atoms in total. The van der Waals surface area contributed by atoms with Crippen molar-refractivity contribution in [2.75, 3.05) is 0 Å². The number of hydrogen-bond donors (Lipinski definition) is 3. The standard InChI is InChI=1S/C4H13N3/c1-3(5)4(2)7-6/h3-4,7H,5-6H2,1-2H3. The van der Waals surface area contributed by atoms with E-state index in [0.717, 1.165) is 0 Å². The van der Waals surface area contributed by atoms with Gasteiger partial charge in [-0.1, -0.05) is 0 Å². The van der Waals surface area contributed by atoms with Crippen molar-refractivity contribution in [1.29, 1.82) is 0 Å². The van der Waals surface area contributed by atoms with Crippen LogP contribution in [0.1, 0.15) is 13.8 Å². The fraction of sp³-hybridized carbons (Fsp3) is 1.00. The lowest BCUT2D eigenvalue weighted by molar-refractivity contribution is 0.492. The van der Waals surface area contributed by atoms with E-state index in [-0.39, 0.29) is 12.1 Å². The Hall–Kier alpha value is -0.120. The fourth-order valence-corrected chi connectivity index (χ4v) is 0.152. The smallest absolute Gasteiger partial charge is 0.0330 e. The van der Waals surface area contributed by atoms with Crippen molar-refractivity contribution in [3.8, 4) is 0 Å². The lowest BCUT2D eigenvalue weighted by atomic mass is 10.2. The summed E-state index contributed by atoms with van der Waals surface area (Å²) in [5.74, 6) is 5.04. The predicted molar refractivity (Wildman–Crippen MR) is 30.4 cm³/mol. The second-order valence-corrected chi connectivity index (χ2v) is 1.81. The molecule has 5 N–H and O–H groups in total. The van der Waals surface area contributed by atoms with Crippen LogP contribution in [0.15, 0.2) is 0 Å². The SMILES string of the molecule is CC(N)C(C)NN. The molecule has 2 atom stereocenters. The van der Waals surface area contributed by atoms with E-state index < -0.39 is 0 Å². The Bertz CT molecular complexity index is 44.2. The zero-order valence-electron chi connectivity index (χ0n) is 4.81. The Morgan fingerprint density at radius 1 is 1.43 bits per heavy atom. The monoisotopic (exact) mass is 103 g/mol. The summed E-state index contributed by atoms with van der Waals surface area (Å²) >= 11 is 0. The maximum atomic E-state index is 5.40. The average molecular weight is 103 g/mol. The maximum Gasteiger partial charge on any atom is 0.0330 e. The van der Waals surface area contributed by atoms with Gasteiger partial charge in [0, 0.05) is 12.1 Å². The van der Waals surface area contributed by atoms with Gasteiger partial charge in [-0.15, -0.1) is 0 Å². The molecule has 0 rings (SSSR count). The minimum Gasteiger partial charge on any atom is -0.327 e. The van der Waals surface area contributed by atoms with E-state index in [4.69, 9.17) is 11.6 Å². The molecule has 0 spiro atoms. The molecule has 2 unspecified atom stereocenters. The molecule has 0 radical (unpaired) electrons. The molecule has 44 valence electrons. The van der Waals surface area contributed by atoms with Gasteiger partial charge < -0.3 is 5.73 Å². The molecular formula is C4H13N3. The van der Waals surface area contributed by atoms with E-state index in [0.29, 0.717) is 0 Å². The molecule has 0 aliphatic heterocycles. The van der Waals surface area contributed by atoms with Gasteiger partial charge in [0.05, 0.1) is 0 Å². The molecular weight excluding hydrogens is 90.1 g/mol. The minimum atomic E-state index is 0.130. The Kier molecular flexibility index (Phi) is 2.91. The molecule has 0 heterocycles. The zero-order chi connectivity index (χ0) is 5.86. The molecule has 0 aliphatic carbocycles. The molecule has 0 aromatic rings. The van der Waals surface area contributed by atoms with Gasteiger partial charge in [0.2, 0.25) is 0 Å². The van der Waals surface area contributed by atoms with Crippen molar-refractivity contribution in [2.24, 2.45) is 11.6 Å². The molecule has 7 heavy (non-hydrogen) atoms. The number of rotatable bonds is 2. The summed E-state index contributed by atoms with van der Waals surface area (Å²) in [5.41, 5.74) is 7.94. The molecule has 0 saturated carbocycles. The van der Waals surface area contributed by atoms with E-state index in [9.17, 15) is 0 Å². The normalized spacial score (nSPS) is 18.9. The van der Waals surface area contributed by atoms with Crippen molar-refractivity contribution >= 4 is 0 Å². The van der Waals surface area contributed by atoms with Crippen LogP contribution in [-0.2, 0) is 0 Å². The van der Waals surface area contributed by atoms with Gasteiger partial charge >= 0.3 is 0 Å². The Labute approximate surface area is 44.0 Å². The lowest BCUT2D eigenvalue weighted by Crippen LogP contribution is -2.44. The highest BCUT2D eigenvalue weighted by Gasteiger charge is 2.01. The summed E-state index contributed by atoms with van der Waals surface area (Å²) in [5, 5.41) is 0. The first-order chi connectivity index (χ1) is 3.18. The minimum absolute atomic E-state index is 0.130. The summed E-state index contributed by atoms with van der Waals surface area (Å²) in [6.07, 6.45) is 0. The van der Waals surface area contributed by atoms with Crippen LogP contribution in [0, 0.1) is 0 Å². The third-order valence-corrected chi connectivity index (χ3v) is 1.05. The van der Waals surface area contributed by atoms with Crippen LogP contribution in [0.2, 0.25) is 0 Å². The van der Waals surface area contributed by atoms with Gasteiger partial charge in [0.25, 0.3) is 0 Å². The summed E-state index contributed by atoms with van der Waals surface area (Å²) < 4.78 is 0. The van der Waals surface area contributed by atoms with Crippen LogP contribution >= 0.6 is 0 Å². The molecule has 0 saturated heterocycles. The number of hydrogen-bond acceptors (Lipinski definition) is 3. The molecule has 0 fully saturated rings. The first kappa shape index (κ1) is 6.88. The highest BCUT2D eigenvalue weighted by molar-refractivity contribution is 4.65. The summed E-state index contributed by atoms with van der Waals surface area (Å²) in [4.78, 5) is 0. The molecule has 0 amide bonds. The van der Waals surface area contributed by atoms with Gasteiger partial charge in [-0.3, -0.25) is 11.3 Å². The Balaban J connectivity index is 3.14. The molecule has 0 aromatic heterocycles. The van der Waals surface area contributed by atoms with Crippen LogP contribution in [0.3, 0.4) is 0 Å². The number of hydrazine groups is 1. The van der Waals surface area contributed by atoms with Crippen molar-refractivity contribution in [1.82, 2.24) is 5.43 Å². The maximum absolute atomic E-state index is 5.40. The first-order valence-corrected chi connectivity index (χ1v) is 2.40. The summed E-state index contributed by atoms with van der Waals surface area (Å²) in [7, 11) is 0. The quantitative estimate of drug-likeness (QED) is 0.316. The highest BCUT2D eigenvalue weighted by Crippen LogP contribution is 1.81. The summed E-state index contributed by atoms with van der Waals surface area (Å²) in [6, 6.07) is 0.338.